The number of rotatable bonds is 5. The third-order valence-corrected chi connectivity index (χ3v) is 6.76. The first-order valence-electron chi connectivity index (χ1n) is 10.1. The molecule has 1 unspecified atom stereocenters. The van der Waals surface area contributed by atoms with Crippen molar-refractivity contribution in [1.82, 2.24) is 9.97 Å². The summed E-state index contributed by atoms with van der Waals surface area (Å²) in [4.78, 5) is 22.6. The lowest BCUT2D eigenvalue weighted by Crippen LogP contribution is -2.60. The van der Waals surface area contributed by atoms with Crippen molar-refractivity contribution < 1.29 is 28.2 Å². The fourth-order valence-corrected chi connectivity index (χ4v) is 5.00. The van der Waals surface area contributed by atoms with E-state index in [1.807, 2.05) is 4.90 Å². The van der Waals surface area contributed by atoms with E-state index in [2.05, 4.69) is 15.9 Å². The van der Waals surface area contributed by atoms with Gasteiger partial charge in [-0.1, -0.05) is 5.92 Å². The van der Waals surface area contributed by atoms with Gasteiger partial charge in [0.1, 0.15) is 18.0 Å². The van der Waals surface area contributed by atoms with Gasteiger partial charge in [0.2, 0.25) is 5.95 Å². The number of halogens is 3. The smallest absolute Gasteiger partial charge is 0.433 e. The van der Waals surface area contributed by atoms with E-state index in [1.54, 1.807) is 0 Å². The molecule has 5 atom stereocenters. The van der Waals surface area contributed by atoms with Gasteiger partial charge in [-0.15, -0.1) is 6.42 Å². The SMILES string of the molecule is C#C[C@H]1[C@H](O)CN1c1nc(N2C[C@@H]3C(CC(=O)O)[C@@H]3C2)c(C2CC2)c(C(F)(F)F)n1. The number of aromatic nitrogens is 2. The Morgan fingerprint density at radius 3 is 2.37 bits per heavy atom. The van der Waals surface area contributed by atoms with Crippen LogP contribution in [0, 0.1) is 30.1 Å². The molecule has 0 amide bonds. The Bertz CT molecular complexity index is 930. The van der Waals surface area contributed by atoms with Gasteiger partial charge in [0.15, 0.2) is 5.69 Å². The zero-order valence-corrected chi connectivity index (χ0v) is 16.0. The first kappa shape index (κ1) is 19.4. The predicted octanol–water partition coefficient (Wildman–Crippen LogP) is 1.71. The van der Waals surface area contributed by atoms with Crippen LogP contribution in [0.1, 0.15) is 36.4 Å². The number of nitrogens with zero attached hydrogens (tertiary/aromatic N) is 4. The zero-order valence-electron chi connectivity index (χ0n) is 16.0. The first-order chi connectivity index (χ1) is 14.2. The van der Waals surface area contributed by atoms with Gasteiger partial charge in [-0.3, -0.25) is 4.79 Å². The van der Waals surface area contributed by atoms with Crippen molar-refractivity contribution in [3.05, 3.63) is 11.3 Å². The van der Waals surface area contributed by atoms with Crippen LogP contribution in [0.5, 0.6) is 0 Å². The fourth-order valence-electron chi connectivity index (χ4n) is 5.00. The van der Waals surface area contributed by atoms with Crippen molar-refractivity contribution in [2.24, 2.45) is 17.8 Å². The van der Waals surface area contributed by atoms with E-state index >= 15 is 0 Å². The topological polar surface area (TPSA) is 89.8 Å². The highest BCUT2D eigenvalue weighted by atomic mass is 19.4. The molecular formula is C20H21F3N4O3. The van der Waals surface area contributed by atoms with Gasteiger partial charge in [0.25, 0.3) is 0 Å². The van der Waals surface area contributed by atoms with Crippen LogP contribution < -0.4 is 9.80 Å². The maximum absolute atomic E-state index is 13.9. The van der Waals surface area contributed by atoms with Crippen LogP contribution in [0.3, 0.4) is 0 Å². The van der Waals surface area contributed by atoms with E-state index in [0.717, 1.165) is 0 Å². The van der Waals surface area contributed by atoms with Gasteiger partial charge in [-0.2, -0.15) is 18.2 Å². The Kier molecular flexibility index (Phi) is 4.19. The molecule has 10 heteroatoms. The van der Waals surface area contributed by atoms with Crippen LogP contribution in [0.4, 0.5) is 24.9 Å². The Morgan fingerprint density at radius 1 is 1.20 bits per heavy atom. The number of carboxylic acids is 1. The molecule has 7 nitrogen and oxygen atoms in total. The number of piperidine rings is 1. The maximum atomic E-state index is 13.9. The summed E-state index contributed by atoms with van der Waals surface area (Å²) in [5.74, 6) is 1.91. The van der Waals surface area contributed by atoms with Gasteiger partial charge in [0.05, 0.1) is 6.54 Å². The Morgan fingerprint density at radius 2 is 1.87 bits per heavy atom. The third-order valence-electron chi connectivity index (χ3n) is 6.76. The van der Waals surface area contributed by atoms with Crippen molar-refractivity contribution >= 4 is 17.7 Å². The average molecular weight is 422 g/mol. The Labute approximate surface area is 170 Å². The lowest BCUT2D eigenvalue weighted by molar-refractivity contribution is -0.142. The second kappa shape index (κ2) is 6.48. The number of aliphatic hydroxyl groups is 1. The molecule has 0 aromatic carbocycles. The number of hydrogen-bond acceptors (Lipinski definition) is 6. The molecule has 4 aliphatic rings. The molecule has 160 valence electrons. The molecule has 2 N–H and O–H groups in total. The summed E-state index contributed by atoms with van der Waals surface area (Å²) < 4.78 is 41.8. The highest BCUT2D eigenvalue weighted by molar-refractivity contribution is 5.68. The third kappa shape index (κ3) is 3.07. The summed E-state index contributed by atoms with van der Waals surface area (Å²) in [7, 11) is 0. The highest BCUT2D eigenvalue weighted by Gasteiger charge is 2.57. The summed E-state index contributed by atoms with van der Waals surface area (Å²) in [5.41, 5.74) is -0.787. The Hall–Kier alpha value is -2.54. The molecule has 2 aliphatic carbocycles. The maximum Gasteiger partial charge on any atom is 0.433 e. The normalized spacial score (nSPS) is 32.4. The van der Waals surface area contributed by atoms with Crippen molar-refractivity contribution in [3.63, 3.8) is 0 Å². The largest absolute Gasteiger partial charge is 0.481 e. The van der Waals surface area contributed by atoms with E-state index in [0.29, 0.717) is 25.9 Å². The van der Waals surface area contributed by atoms with Gasteiger partial charge >= 0.3 is 12.1 Å². The quantitative estimate of drug-likeness (QED) is 0.699. The van der Waals surface area contributed by atoms with Crippen LogP contribution >= 0.6 is 0 Å². The standard InChI is InChI=1S/C20H21F3N4O3/c1-2-13-14(28)8-27(13)19-24-17(20(21,22)23)16(9-3-4-9)18(25-19)26-6-11-10(5-15(29)30)12(11)7-26/h1,9-14,28H,3-8H2,(H,29,30)/t10?,11-,12+,13-,14+/m0/s1. The summed E-state index contributed by atoms with van der Waals surface area (Å²) in [5, 5.41) is 18.8. The second-order valence-electron chi connectivity index (χ2n) is 8.71. The number of carbonyl (C=O) groups is 1. The predicted molar refractivity (Wildman–Crippen MR) is 99.9 cm³/mol. The van der Waals surface area contributed by atoms with E-state index in [9.17, 15) is 23.1 Å². The molecule has 2 saturated heterocycles. The van der Waals surface area contributed by atoms with Crippen LogP contribution in [-0.2, 0) is 11.0 Å². The minimum atomic E-state index is -4.63. The number of alkyl halides is 3. The minimum absolute atomic E-state index is 0.0836. The van der Waals surface area contributed by atoms with E-state index in [4.69, 9.17) is 11.5 Å². The van der Waals surface area contributed by atoms with Crippen molar-refractivity contribution in [2.75, 3.05) is 29.4 Å². The van der Waals surface area contributed by atoms with Gasteiger partial charge in [-0.25, -0.2) is 4.98 Å². The number of aliphatic carboxylic acids is 1. The summed E-state index contributed by atoms with van der Waals surface area (Å²) in [6, 6.07) is -0.752. The van der Waals surface area contributed by atoms with Crippen molar-refractivity contribution in [3.8, 4) is 12.3 Å². The number of β-amino-alcohol motifs (C(OH)–C–C–N with tert-alkyl or cyclic N) is 1. The van der Waals surface area contributed by atoms with Gasteiger partial charge in [-0.05, 0) is 36.5 Å². The molecule has 1 aromatic rings. The molecule has 0 spiro atoms. The first-order valence-corrected chi connectivity index (χ1v) is 10.1. The average Bonchev–Trinajstić information content (AvgIpc) is 3.55. The van der Waals surface area contributed by atoms with Crippen molar-refractivity contribution in [2.45, 2.75) is 43.5 Å². The Balaban J connectivity index is 1.51. The number of terminal acetylenes is 1. The van der Waals surface area contributed by atoms with E-state index in [-0.39, 0.29) is 54.0 Å². The molecule has 2 aliphatic heterocycles. The van der Waals surface area contributed by atoms with Crippen LogP contribution in [-0.4, -0.2) is 57.9 Å². The molecule has 3 heterocycles. The minimum Gasteiger partial charge on any atom is -0.481 e. The van der Waals surface area contributed by atoms with Crippen molar-refractivity contribution in [1.29, 1.82) is 0 Å². The van der Waals surface area contributed by atoms with E-state index in [1.165, 1.54) is 4.90 Å². The number of anilines is 2. The summed E-state index contributed by atoms with van der Waals surface area (Å²) >= 11 is 0. The molecule has 0 bridgehead atoms. The number of aliphatic hydroxyl groups excluding tert-OH is 1. The van der Waals surface area contributed by atoms with Gasteiger partial charge in [0, 0.05) is 25.1 Å². The fraction of sp³-hybridized carbons (Fsp3) is 0.650. The zero-order chi connectivity index (χ0) is 21.4. The monoisotopic (exact) mass is 422 g/mol. The highest BCUT2D eigenvalue weighted by Crippen LogP contribution is 2.56. The summed E-state index contributed by atoms with van der Waals surface area (Å²) in [6.45, 7) is 1.08. The molecule has 4 fully saturated rings. The molecular weight excluding hydrogens is 401 g/mol. The molecule has 30 heavy (non-hydrogen) atoms. The molecule has 2 saturated carbocycles. The number of carboxylic acid groups (broad SMARTS) is 1. The number of hydrogen-bond donors (Lipinski definition) is 2. The van der Waals surface area contributed by atoms with Crippen LogP contribution in [0.15, 0.2) is 0 Å². The summed E-state index contributed by atoms with van der Waals surface area (Å²) in [6.07, 6.45) is 1.38. The van der Waals surface area contributed by atoms with Crippen LogP contribution in [0.25, 0.3) is 0 Å². The van der Waals surface area contributed by atoms with Gasteiger partial charge < -0.3 is 20.0 Å². The number of fused-ring (bicyclic) bond motifs is 1. The lowest BCUT2D eigenvalue weighted by atomic mass is 10.0. The lowest BCUT2D eigenvalue weighted by Gasteiger charge is -2.42. The molecule has 0 radical (unpaired) electrons. The molecule has 1 aromatic heterocycles. The molecule has 5 rings (SSSR count). The van der Waals surface area contributed by atoms with E-state index < -0.39 is 30.0 Å². The second-order valence-corrected chi connectivity index (χ2v) is 8.71. The van der Waals surface area contributed by atoms with Crippen LogP contribution in [0.2, 0.25) is 0 Å².